The Labute approximate surface area is 149 Å². The second-order valence-electron chi connectivity index (χ2n) is 5.30. The molecule has 24 heavy (non-hydrogen) atoms. The van der Waals surface area contributed by atoms with Crippen molar-refractivity contribution in [2.45, 2.75) is 35.5 Å². The maximum Gasteiger partial charge on any atom is 0.289 e. The molecular formula is C14H19N3O5S2. The van der Waals surface area contributed by atoms with E-state index in [9.17, 15) is 20.2 Å². The van der Waals surface area contributed by atoms with Gasteiger partial charge in [-0.3, -0.25) is 25.1 Å². The predicted octanol–water partition coefficient (Wildman–Crippen LogP) is 3.66. The molecule has 8 nitrogen and oxygen atoms in total. The van der Waals surface area contributed by atoms with Crippen LogP contribution in [0.3, 0.4) is 0 Å². The van der Waals surface area contributed by atoms with E-state index in [4.69, 9.17) is 4.74 Å². The van der Waals surface area contributed by atoms with Gasteiger partial charge in [-0.25, -0.2) is 0 Å². The summed E-state index contributed by atoms with van der Waals surface area (Å²) < 4.78 is 4.74. The van der Waals surface area contributed by atoms with Crippen LogP contribution < -0.4 is 0 Å². The molecule has 0 spiro atoms. The number of rotatable bonds is 7. The minimum atomic E-state index is -1.05. The smallest absolute Gasteiger partial charge is 0.289 e. The van der Waals surface area contributed by atoms with E-state index in [0.29, 0.717) is 11.5 Å². The van der Waals surface area contributed by atoms with Crippen LogP contribution in [0.1, 0.15) is 26.2 Å². The average Bonchev–Trinajstić information content (AvgIpc) is 2.55. The maximum atomic E-state index is 11.3. The lowest BCUT2D eigenvalue weighted by atomic mass is 10.1. The van der Waals surface area contributed by atoms with E-state index in [1.54, 1.807) is 0 Å². The molecule has 1 aliphatic heterocycles. The van der Waals surface area contributed by atoms with Gasteiger partial charge in [-0.05, 0) is 25.8 Å². The highest BCUT2D eigenvalue weighted by atomic mass is 32.2. The molecule has 0 saturated carbocycles. The first-order valence-corrected chi connectivity index (χ1v) is 8.87. The van der Waals surface area contributed by atoms with Gasteiger partial charge in [-0.15, -0.1) is 12.6 Å². The largest absolute Gasteiger partial charge is 0.342 e. The van der Waals surface area contributed by atoms with Gasteiger partial charge in [0.1, 0.15) is 0 Å². The molecule has 1 heterocycles. The summed E-state index contributed by atoms with van der Waals surface area (Å²) >= 11 is 5.75. The summed E-state index contributed by atoms with van der Waals surface area (Å²) in [5, 5.41) is 22.2. The van der Waals surface area contributed by atoms with Crippen molar-refractivity contribution >= 4 is 35.8 Å². The summed E-state index contributed by atoms with van der Waals surface area (Å²) in [7, 11) is 0. The fourth-order valence-corrected chi connectivity index (χ4v) is 4.31. The number of nitro groups is 2. The first-order chi connectivity index (χ1) is 11.4. The molecule has 10 heteroatoms. The first-order valence-electron chi connectivity index (χ1n) is 7.60. The van der Waals surface area contributed by atoms with Crippen molar-refractivity contribution in [2.24, 2.45) is 0 Å². The highest BCUT2D eigenvalue weighted by molar-refractivity contribution is 8.11. The molecule has 1 saturated heterocycles. The van der Waals surface area contributed by atoms with Crippen LogP contribution in [0.15, 0.2) is 23.1 Å². The van der Waals surface area contributed by atoms with Crippen LogP contribution in [0.2, 0.25) is 0 Å². The lowest BCUT2D eigenvalue weighted by Crippen LogP contribution is -2.46. The van der Waals surface area contributed by atoms with Gasteiger partial charge >= 0.3 is 0 Å². The van der Waals surface area contributed by atoms with E-state index in [0.717, 1.165) is 50.2 Å². The lowest BCUT2D eigenvalue weighted by molar-refractivity contribution is -0.396. The van der Waals surface area contributed by atoms with Crippen molar-refractivity contribution < 1.29 is 14.6 Å². The molecular weight excluding hydrogens is 354 g/mol. The van der Waals surface area contributed by atoms with Crippen LogP contribution >= 0.6 is 24.4 Å². The molecule has 1 fully saturated rings. The number of likely N-dealkylation sites (tertiary alicyclic amines) is 1. The first kappa shape index (κ1) is 19.0. The van der Waals surface area contributed by atoms with Crippen molar-refractivity contribution in [1.29, 1.82) is 0 Å². The number of non-ortho nitro benzene ring substituents is 1. The molecule has 0 radical (unpaired) electrons. The molecule has 1 aromatic carbocycles. The summed E-state index contributed by atoms with van der Waals surface area (Å²) in [6.45, 7) is 3.81. The number of hydrogen-bond acceptors (Lipinski definition) is 8. The Morgan fingerprint density at radius 1 is 1.25 bits per heavy atom. The summed E-state index contributed by atoms with van der Waals surface area (Å²) in [4.78, 5) is 23.2. The molecule has 0 N–H and O–H groups in total. The average molecular weight is 373 g/mol. The van der Waals surface area contributed by atoms with Crippen LogP contribution in [-0.4, -0.2) is 38.8 Å². The molecule has 2 rings (SSSR count). The number of nitrogens with zero attached hydrogens (tertiary/aromatic N) is 3. The summed E-state index contributed by atoms with van der Waals surface area (Å²) in [5.74, 6) is 0. The zero-order chi connectivity index (χ0) is 17.7. The zero-order valence-electron chi connectivity index (χ0n) is 13.2. The SMILES string of the molecule is CCOC(S)(Sc1ccc([N+](=O)[O-])cc1[N+](=O)[O-])N1CCCCC1. The van der Waals surface area contributed by atoms with E-state index in [2.05, 4.69) is 12.6 Å². The standard InChI is InChI=1S/C14H19N3O5S2/c1-2-22-14(23,15-8-4-3-5-9-15)24-13-7-6-11(16(18)19)10-12(13)17(20)21/h6-7,10,23H,2-5,8-9H2,1H3. The maximum absolute atomic E-state index is 11.3. The minimum Gasteiger partial charge on any atom is -0.342 e. The number of thiol groups is 1. The van der Waals surface area contributed by atoms with E-state index < -0.39 is 14.2 Å². The molecule has 1 aliphatic rings. The fraction of sp³-hybridized carbons (Fsp3) is 0.571. The second kappa shape index (κ2) is 8.15. The van der Waals surface area contributed by atoms with Gasteiger partial charge in [0.2, 0.25) is 4.39 Å². The van der Waals surface area contributed by atoms with Crippen molar-refractivity contribution in [3.05, 3.63) is 38.4 Å². The van der Waals surface area contributed by atoms with Crippen LogP contribution in [0.25, 0.3) is 0 Å². The second-order valence-corrected chi connectivity index (χ2v) is 7.40. The Kier molecular flexibility index (Phi) is 6.44. The molecule has 0 bridgehead atoms. The molecule has 132 valence electrons. The third-order valence-electron chi connectivity index (χ3n) is 3.68. The molecule has 1 aromatic rings. The molecule has 1 unspecified atom stereocenters. The molecule has 0 aromatic heterocycles. The Hall–Kier alpha value is -1.36. The number of hydrogen-bond donors (Lipinski definition) is 1. The van der Waals surface area contributed by atoms with E-state index in [1.165, 1.54) is 12.1 Å². The quantitative estimate of drug-likeness (QED) is 0.256. The summed E-state index contributed by atoms with van der Waals surface area (Å²) in [6, 6.07) is 3.61. The predicted molar refractivity (Wildman–Crippen MR) is 94.4 cm³/mol. The van der Waals surface area contributed by atoms with Gasteiger partial charge in [-0.2, -0.15) is 0 Å². The van der Waals surface area contributed by atoms with Gasteiger partial charge < -0.3 is 4.74 Å². The zero-order valence-corrected chi connectivity index (χ0v) is 14.9. The number of ether oxygens (including phenoxy) is 1. The van der Waals surface area contributed by atoms with Crippen molar-refractivity contribution in [3.63, 3.8) is 0 Å². The van der Waals surface area contributed by atoms with Gasteiger partial charge in [0, 0.05) is 25.8 Å². The number of piperidine rings is 1. The number of thioether (sulfide) groups is 1. The molecule has 0 aliphatic carbocycles. The normalized spacial score (nSPS) is 18.1. The van der Waals surface area contributed by atoms with Gasteiger partial charge in [-0.1, -0.05) is 18.2 Å². The minimum absolute atomic E-state index is 0.291. The summed E-state index contributed by atoms with van der Waals surface area (Å²) in [5.41, 5.74) is -0.630. The van der Waals surface area contributed by atoms with Crippen LogP contribution in [0.5, 0.6) is 0 Å². The van der Waals surface area contributed by atoms with Crippen molar-refractivity contribution in [2.75, 3.05) is 19.7 Å². The Morgan fingerprint density at radius 2 is 1.92 bits per heavy atom. The van der Waals surface area contributed by atoms with Crippen LogP contribution in [0.4, 0.5) is 11.4 Å². The van der Waals surface area contributed by atoms with Gasteiger partial charge in [0.15, 0.2) is 0 Å². The van der Waals surface area contributed by atoms with E-state index >= 15 is 0 Å². The number of benzene rings is 1. The van der Waals surface area contributed by atoms with E-state index in [1.807, 2.05) is 11.8 Å². The molecule has 1 atom stereocenters. The Morgan fingerprint density at radius 3 is 2.46 bits per heavy atom. The van der Waals surface area contributed by atoms with Crippen molar-refractivity contribution in [1.82, 2.24) is 4.90 Å². The third kappa shape index (κ3) is 4.38. The highest BCUT2D eigenvalue weighted by Crippen LogP contribution is 2.45. The van der Waals surface area contributed by atoms with Gasteiger partial charge in [0.05, 0.1) is 20.8 Å². The van der Waals surface area contributed by atoms with Gasteiger partial charge in [0.25, 0.3) is 11.4 Å². The van der Waals surface area contributed by atoms with Crippen LogP contribution in [-0.2, 0) is 4.74 Å². The van der Waals surface area contributed by atoms with E-state index in [-0.39, 0.29) is 11.4 Å². The number of nitro benzene ring substituents is 2. The Bertz CT molecular complexity index is 624. The van der Waals surface area contributed by atoms with Crippen molar-refractivity contribution in [3.8, 4) is 0 Å². The topological polar surface area (TPSA) is 98.8 Å². The molecule has 0 amide bonds. The third-order valence-corrected chi connectivity index (χ3v) is 5.57. The monoisotopic (exact) mass is 373 g/mol. The highest BCUT2D eigenvalue weighted by Gasteiger charge is 2.38. The summed E-state index contributed by atoms with van der Waals surface area (Å²) in [6.07, 6.45) is 3.16. The van der Waals surface area contributed by atoms with Crippen LogP contribution in [0, 0.1) is 20.2 Å². The lowest BCUT2D eigenvalue weighted by Gasteiger charge is -2.40. The Balaban J connectivity index is 2.34. The fourth-order valence-electron chi connectivity index (χ4n) is 2.54.